The van der Waals surface area contributed by atoms with E-state index in [2.05, 4.69) is 12.2 Å². The average Bonchev–Trinajstić information content (AvgIpc) is 2.65. The molecule has 0 aliphatic carbocycles. The SMILES string of the molecule is CCCCCCNC(=O)COC(=O)c1ccc(OC)c2ccccc12. The molecular weight excluding hydrogens is 318 g/mol. The molecule has 0 aliphatic heterocycles. The maximum atomic E-state index is 12.3. The average molecular weight is 343 g/mol. The van der Waals surface area contributed by atoms with Crippen LogP contribution in [-0.4, -0.2) is 32.1 Å². The molecule has 2 aromatic carbocycles. The predicted octanol–water partition coefficient (Wildman–Crippen LogP) is 3.70. The third kappa shape index (κ3) is 5.21. The van der Waals surface area contributed by atoms with E-state index in [-0.39, 0.29) is 12.5 Å². The fourth-order valence-corrected chi connectivity index (χ4v) is 2.67. The van der Waals surface area contributed by atoms with Crippen molar-refractivity contribution in [3.63, 3.8) is 0 Å². The Balaban J connectivity index is 1.93. The van der Waals surface area contributed by atoms with Crippen LogP contribution in [-0.2, 0) is 9.53 Å². The first kappa shape index (κ1) is 18.8. The Labute approximate surface area is 148 Å². The maximum absolute atomic E-state index is 12.3. The Morgan fingerprint density at radius 1 is 1.00 bits per heavy atom. The first-order valence-electron chi connectivity index (χ1n) is 8.67. The number of hydrogen-bond acceptors (Lipinski definition) is 4. The Morgan fingerprint density at radius 2 is 1.76 bits per heavy atom. The first-order valence-corrected chi connectivity index (χ1v) is 8.67. The lowest BCUT2D eigenvalue weighted by atomic mass is 10.0. The van der Waals surface area contributed by atoms with Crippen LogP contribution in [0.4, 0.5) is 0 Å². The highest BCUT2D eigenvalue weighted by atomic mass is 16.5. The van der Waals surface area contributed by atoms with E-state index in [0.29, 0.717) is 17.9 Å². The highest BCUT2D eigenvalue weighted by Crippen LogP contribution is 2.28. The van der Waals surface area contributed by atoms with Crippen molar-refractivity contribution in [2.45, 2.75) is 32.6 Å². The Hall–Kier alpha value is -2.56. The van der Waals surface area contributed by atoms with Crippen LogP contribution in [0.5, 0.6) is 5.75 Å². The van der Waals surface area contributed by atoms with Crippen LogP contribution in [0.25, 0.3) is 10.8 Å². The van der Waals surface area contributed by atoms with Crippen LogP contribution in [0.3, 0.4) is 0 Å². The largest absolute Gasteiger partial charge is 0.496 e. The summed E-state index contributed by atoms with van der Waals surface area (Å²) >= 11 is 0. The van der Waals surface area contributed by atoms with Crippen LogP contribution in [0, 0.1) is 0 Å². The number of nitrogens with one attached hydrogen (secondary N) is 1. The molecule has 0 atom stereocenters. The van der Waals surface area contributed by atoms with Crippen LogP contribution in [0.1, 0.15) is 43.0 Å². The second-order valence-corrected chi connectivity index (χ2v) is 5.85. The molecule has 1 amide bonds. The van der Waals surface area contributed by atoms with Gasteiger partial charge in [0.15, 0.2) is 6.61 Å². The summed E-state index contributed by atoms with van der Waals surface area (Å²) in [6, 6.07) is 10.8. The summed E-state index contributed by atoms with van der Waals surface area (Å²) in [6.07, 6.45) is 4.35. The lowest BCUT2D eigenvalue weighted by Gasteiger charge is -2.10. The molecule has 5 nitrogen and oxygen atoms in total. The smallest absolute Gasteiger partial charge is 0.339 e. The van der Waals surface area contributed by atoms with Crippen molar-refractivity contribution in [2.75, 3.05) is 20.3 Å². The Kier molecular flexibility index (Phi) is 7.26. The van der Waals surface area contributed by atoms with Crippen LogP contribution in [0.2, 0.25) is 0 Å². The quantitative estimate of drug-likeness (QED) is 0.557. The lowest BCUT2D eigenvalue weighted by molar-refractivity contribution is -0.124. The molecule has 0 fully saturated rings. The molecule has 0 aromatic heterocycles. The summed E-state index contributed by atoms with van der Waals surface area (Å²) in [7, 11) is 1.59. The van der Waals surface area contributed by atoms with Gasteiger partial charge in [-0.1, -0.05) is 50.5 Å². The van der Waals surface area contributed by atoms with Crippen molar-refractivity contribution in [1.82, 2.24) is 5.32 Å². The van der Waals surface area contributed by atoms with E-state index >= 15 is 0 Å². The van der Waals surface area contributed by atoms with Crippen molar-refractivity contribution in [3.8, 4) is 5.75 Å². The van der Waals surface area contributed by atoms with Gasteiger partial charge in [0, 0.05) is 11.9 Å². The third-order valence-electron chi connectivity index (χ3n) is 4.01. The monoisotopic (exact) mass is 343 g/mol. The summed E-state index contributed by atoms with van der Waals surface area (Å²) < 4.78 is 10.5. The maximum Gasteiger partial charge on any atom is 0.339 e. The fourth-order valence-electron chi connectivity index (χ4n) is 2.67. The molecule has 0 aliphatic rings. The fraction of sp³-hybridized carbons (Fsp3) is 0.400. The molecule has 5 heteroatoms. The normalized spacial score (nSPS) is 10.5. The van der Waals surface area contributed by atoms with E-state index in [4.69, 9.17) is 9.47 Å². The molecule has 0 spiro atoms. The van der Waals surface area contributed by atoms with Gasteiger partial charge < -0.3 is 14.8 Å². The number of fused-ring (bicyclic) bond motifs is 1. The molecule has 0 saturated carbocycles. The zero-order valence-corrected chi connectivity index (χ0v) is 14.8. The van der Waals surface area contributed by atoms with Crippen molar-refractivity contribution in [2.24, 2.45) is 0 Å². The van der Waals surface area contributed by atoms with Gasteiger partial charge in [0.1, 0.15) is 5.75 Å². The van der Waals surface area contributed by atoms with Gasteiger partial charge in [-0.15, -0.1) is 0 Å². The number of esters is 1. The summed E-state index contributed by atoms with van der Waals surface area (Å²) in [5.74, 6) is -0.0976. The van der Waals surface area contributed by atoms with E-state index in [1.807, 2.05) is 24.3 Å². The number of benzene rings is 2. The van der Waals surface area contributed by atoms with E-state index in [1.165, 1.54) is 0 Å². The zero-order chi connectivity index (χ0) is 18.1. The van der Waals surface area contributed by atoms with Crippen molar-refractivity contribution >= 4 is 22.6 Å². The summed E-state index contributed by atoms with van der Waals surface area (Å²) in [5, 5.41) is 4.34. The van der Waals surface area contributed by atoms with Crippen LogP contribution < -0.4 is 10.1 Å². The van der Waals surface area contributed by atoms with Crippen molar-refractivity contribution in [1.29, 1.82) is 0 Å². The van der Waals surface area contributed by atoms with Crippen LogP contribution in [0.15, 0.2) is 36.4 Å². The highest BCUT2D eigenvalue weighted by Gasteiger charge is 2.15. The van der Waals surface area contributed by atoms with Crippen LogP contribution >= 0.6 is 0 Å². The highest BCUT2D eigenvalue weighted by molar-refractivity contribution is 6.06. The lowest BCUT2D eigenvalue weighted by Crippen LogP contribution is -2.29. The number of hydrogen-bond donors (Lipinski definition) is 1. The minimum absolute atomic E-state index is 0.271. The van der Waals surface area contributed by atoms with Gasteiger partial charge in [0.25, 0.3) is 5.91 Å². The van der Waals surface area contributed by atoms with Crippen molar-refractivity contribution in [3.05, 3.63) is 42.0 Å². The number of ether oxygens (including phenoxy) is 2. The molecule has 134 valence electrons. The topological polar surface area (TPSA) is 64.6 Å². The van der Waals surface area contributed by atoms with Gasteiger partial charge in [0.2, 0.25) is 0 Å². The molecule has 1 N–H and O–H groups in total. The Morgan fingerprint density at radius 3 is 2.48 bits per heavy atom. The number of amides is 1. The minimum Gasteiger partial charge on any atom is -0.496 e. The number of methoxy groups -OCH3 is 1. The molecule has 0 unspecified atom stereocenters. The first-order chi connectivity index (χ1) is 12.2. The third-order valence-corrected chi connectivity index (χ3v) is 4.01. The minimum atomic E-state index is -0.514. The molecule has 0 saturated heterocycles. The molecule has 0 radical (unpaired) electrons. The zero-order valence-electron chi connectivity index (χ0n) is 14.8. The van der Waals surface area contributed by atoms with Gasteiger partial charge in [-0.25, -0.2) is 4.79 Å². The summed E-state index contributed by atoms with van der Waals surface area (Å²) in [4.78, 5) is 24.1. The molecular formula is C20H25NO4. The van der Waals surface area contributed by atoms with Gasteiger partial charge in [-0.3, -0.25) is 4.79 Å². The Bertz CT molecular complexity index is 727. The van der Waals surface area contributed by atoms with E-state index in [0.717, 1.165) is 36.5 Å². The molecule has 2 rings (SSSR count). The van der Waals surface area contributed by atoms with E-state index < -0.39 is 5.97 Å². The molecule has 2 aromatic rings. The van der Waals surface area contributed by atoms with Gasteiger partial charge in [-0.05, 0) is 23.9 Å². The van der Waals surface area contributed by atoms with Gasteiger partial charge in [-0.2, -0.15) is 0 Å². The summed E-state index contributed by atoms with van der Waals surface area (Å²) in [6.45, 7) is 2.48. The predicted molar refractivity (Wildman–Crippen MR) is 97.9 cm³/mol. The van der Waals surface area contributed by atoms with Gasteiger partial charge >= 0.3 is 5.97 Å². The number of unbranched alkanes of at least 4 members (excludes halogenated alkanes) is 3. The van der Waals surface area contributed by atoms with Gasteiger partial charge in [0.05, 0.1) is 12.7 Å². The molecule has 25 heavy (non-hydrogen) atoms. The second kappa shape index (κ2) is 9.67. The number of rotatable bonds is 9. The summed E-state index contributed by atoms with van der Waals surface area (Å²) in [5.41, 5.74) is 0.423. The molecule has 0 heterocycles. The molecule has 0 bridgehead atoms. The number of carbonyl (C=O) groups excluding carboxylic acids is 2. The number of carbonyl (C=O) groups is 2. The van der Waals surface area contributed by atoms with E-state index in [1.54, 1.807) is 19.2 Å². The van der Waals surface area contributed by atoms with Crippen molar-refractivity contribution < 1.29 is 19.1 Å². The van der Waals surface area contributed by atoms with E-state index in [9.17, 15) is 9.59 Å². The standard InChI is InChI=1S/C20H25NO4/c1-3-4-5-8-13-21-19(22)14-25-20(23)17-11-12-18(24-2)16-10-7-6-9-15(16)17/h6-7,9-12H,3-5,8,13-14H2,1-2H3,(H,21,22). The second-order valence-electron chi connectivity index (χ2n) is 5.85.